The van der Waals surface area contributed by atoms with Crippen molar-refractivity contribution in [3.8, 4) is 0 Å². The van der Waals surface area contributed by atoms with Gasteiger partial charge in [0.15, 0.2) is 0 Å². The van der Waals surface area contributed by atoms with Gasteiger partial charge in [0, 0.05) is 24.2 Å². The number of aryl methyl sites for hydroxylation is 2. The molecule has 3 nitrogen and oxygen atoms in total. The van der Waals surface area contributed by atoms with Crippen molar-refractivity contribution in [2.45, 2.75) is 40.0 Å². The smallest absolute Gasteiger partial charge is 0.321 e. The van der Waals surface area contributed by atoms with Crippen molar-refractivity contribution in [1.82, 2.24) is 5.32 Å². The summed E-state index contributed by atoms with van der Waals surface area (Å²) in [7, 11) is 0. The molecule has 0 saturated heterocycles. The first-order valence-electron chi connectivity index (χ1n) is 8.52. The number of nitrogens with zero attached hydrogens (tertiary/aromatic N) is 1. The number of hydrogen-bond acceptors (Lipinski definition) is 1. The minimum absolute atomic E-state index is 0.0525. The molecule has 0 aliphatic rings. The second-order valence-electron chi connectivity index (χ2n) is 6.99. The molecule has 3 heteroatoms. The molecule has 0 bridgehead atoms. The van der Waals surface area contributed by atoms with Gasteiger partial charge in [-0.05, 0) is 44.0 Å². The molecule has 2 amide bonds. The fraction of sp³-hybridized carbons (Fsp3) is 0.381. The summed E-state index contributed by atoms with van der Waals surface area (Å²) in [6, 6.07) is 16.5. The zero-order valence-electron chi connectivity index (χ0n) is 15.4. The van der Waals surface area contributed by atoms with E-state index >= 15 is 0 Å². The van der Waals surface area contributed by atoms with Gasteiger partial charge in [-0.25, -0.2) is 4.79 Å². The maximum Gasteiger partial charge on any atom is 0.321 e. The first kappa shape index (κ1) is 18.1. The quantitative estimate of drug-likeness (QED) is 0.840. The number of carbonyl (C=O) groups is 1. The van der Waals surface area contributed by atoms with Crippen molar-refractivity contribution in [3.63, 3.8) is 0 Å². The van der Waals surface area contributed by atoms with Crippen LogP contribution in [0.5, 0.6) is 0 Å². The van der Waals surface area contributed by atoms with Crippen LogP contribution in [0.3, 0.4) is 0 Å². The summed E-state index contributed by atoms with van der Waals surface area (Å²) in [5, 5.41) is 3.09. The Morgan fingerprint density at radius 1 is 1.04 bits per heavy atom. The van der Waals surface area contributed by atoms with Crippen molar-refractivity contribution < 1.29 is 4.79 Å². The molecule has 24 heavy (non-hydrogen) atoms. The fourth-order valence-electron chi connectivity index (χ4n) is 2.74. The van der Waals surface area contributed by atoms with E-state index in [1.807, 2.05) is 38.1 Å². The van der Waals surface area contributed by atoms with Crippen LogP contribution in [0.2, 0.25) is 0 Å². The lowest BCUT2D eigenvalue weighted by molar-refractivity contribution is 0.244. The van der Waals surface area contributed by atoms with E-state index in [0.29, 0.717) is 13.1 Å². The Morgan fingerprint density at radius 3 is 2.29 bits per heavy atom. The number of anilines is 1. The molecule has 0 aliphatic heterocycles. The van der Waals surface area contributed by atoms with Gasteiger partial charge in [0.25, 0.3) is 0 Å². The predicted molar refractivity (Wildman–Crippen MR) is 102 cm³/mol. The van der Waals surface area contributed by atoms with Crippen LogP contribution in [-0.2, 0) is 5.41 Å². The average Bonchev–Trinajstić information content (AvgIpc) is 2.54. The van der Waals surface area contributed by atoms with E-state index in [2.05, 4.69) is 50.4 Å². The summed E-state index contributed by atoms with van der Waals surface area (Å²) in [5.74, 6) is 0. The first-order valence-corrected chi connectivity index (χ1v) is 8.52. The van der Waals surface area contributed by atoms with Crippen LogP contribution in [-0.4, -0.2) is 19.1 Å². The van der Waals surface area contributed by atoms with Gasteiger partial charge >= 0.3 is 6.03 Å². The van der Waals surface area contributed by atoms with Gasteiger partial charge < -0.3 is 5.32 Å². The molecule has 128 valence electrons. The second-order valence-corrected chi connectivity index (χ2v) is 6.99. The molecule has 2 aromatic rings. The highest BCUT2D eigenvalue weighted by molar-refractivity contribution is 5.92. The number of benzene rings is 2. The van der Waals surface area contributed by atoms with E-state index in [0.717, 1.165) is 11.3 Å². The highest BCUT2D eigenvalue weighted by Crippen LogP contribution is 2.23. The van der Waals surface area contributed by atoms with Crippen molar-refractivity contribution >= 4 is 11.7 Å². The Bertz CT molecular complexity index is 689. The molecule has 2 aromatic carbocycles. The van der Waals surface area contributed by atoms with Crippen molar-refractivity contribution in [1.29, 1.82) is 0 Å². The molecule has 2 rings (SSSR count). The van der Waals surface area contributed by atoms with Gasteiger partial charge in [-0.3, -0.25) is 4.90 Å². The number of hydrogen-bond donors (Lipinski definition) is 1. The predicted octanol–water partition coefficient (Wildman–Crippen LogP) is 4.82. The standard InChI is InChI=1S/C21H28N2O/c1-6-23(19-9-7-8-17(3)14-19)20(24)22-15-21(4,5)18-12-10-16(2)11-13-18/h7-14H,6,15H2,1-5H3,(H,22,24). The number of amides is 2. The minimum atomic E-state index is -0.116. The van der Waals surface area contributed by atoms with Gasteiger partial charge in [0.05, 0.1) is 0 Å². The maximum absolute atomic E-state index is 12.6. The fourth-order valence-corrected chi connectivity index (χ4v) is 2.74. The van der Waals surface area contributed by atoms with E-state index in [4.69, 9.17) is 0 Å². The Balaban J connectivity index is 2.06. The van der Waals surface area contributed by atoms with E-state index in [-0.39, 0.29) is 11.4 Å². The van der Waals surface area contributed by atoms with Crippen LogP contribution in [0, 0.1) is 13.8 Å². The molecule has 0 radical (unpaired) electrons. The van der Waals surface area contributed by atoms with E-state index < -0.39 is 0 Å². The van der Waals surface area contributed by atoms with Gasteiger partial charge in [-0.1, -0.05) is 55.8 Å². The van der Waals surface area contributed by atoms with Crippen LogP contribution in [0.25, 0.3) is 0 Å². The molecule has 0 heterocycles. The highest BCUT2D eigenvalue weighted by Gasteiger charge is 2.23. The zero-order chi connectivity index (χ0) is 17.7. The summed E-state index contributed by atoms with van der Waals surface area (Å²) >= 11 is 0. The molecule has 0 spiro atoms. The van der Waals surface area contributed by atoms with E-state index in [1.54, 1.807) is 4.90 Å². The normalized spacial score (nSPS) is 11.2. The molecule has 0 saturated carbocycles. The van der Waals surface area contributed by atoms with Crippen LogP contribution in [0.15, 0.2) is 48.5 Å². The third-order valence-electron chi connectivity index (χ3n) is 4.39. The summed E-state index contributed by atoms with van der Waals surface area (Å²) in [6.07, 6.45) is 0. The van der Waals surface area contributed by atoms with Crippen LogP contribution in [0.1, 0.15) is 37.5 Å². The molecule has 0 aromatic heterocycles. The first-order chi connectivity index (χ1) is 11.3. The van der Waals surface area contributed by atoms with Gasteiger partial charge in [-0.2, -0.15) is 0 Å². The Morgan fingerprint density at radius 2 is 1.71 bits per heavy atom. The lowest BCUT2D eigenvalue weighted by atomic mass is 9.84. The largest absolute Gasteiger partial charge is 0.337 e. The molecule has 1 N–H and O–H groups in total. The van der Waals surface area contributed by atoms with E-state index in [1.165, 1.54) is 11.1 Å². The Hall–Kier alpha value is -2.29. The molecule has 0 fully saturated rings. The number of rotatable bonds is 5. The number of nitrogens with one attached hydrogen (secondary N) is 1. The summed E-state index contributed by atoms with van der Waals surface area (Å²) < 4.78 is 0. The van der Waals surface area contributed by atoms with Gasteiger partial charge in [-0.15, -0.1) is 0 Å². The molecule has 0 unspecified atom stereocenters. The molecular formula is C21H28N2O. The SMILES string of the molecule is CCN(C(=O)NCC(C)(C)c1ccc(C)cc1)c1cccc(C)c1. The molecular weight excluding hydrogens is 296 g/mol. The Kier molecular flexibility index (Phi) is 5.66. The topological polar surface area (TPSA) is 32.3 Å². The summed E-state index contributed by atoms with van der Waals surface area (Å²) in [5.41, 5.74) is 4.44. The van der Waals surface area contributed by atoms with Crippen molar-refractivity contribution in [2.75, 3.05) is 18.0 Å². The zero-order valence-corrected chi connectivity index (χ0v) is 15.4. The Labute approximate surface area is 145 Å². The average molecular weight is 324 g/mol. The van der Waals surface area contributed by atoms with Crippen molar-refractivity contribution in [2.24, 2.45) is 0 Å². The summed E-state index contributed by atoms with van der Waals surface area (Å²) in [6.45, 7) is 11.7. The lowest BCUT2D eigenvalue weighted by Crippen LogP contribution is -2.44. The summed E-state index contributed by atoms with van der Waals surface area (Å²) in [4.78, 5) is 14.4. The van der Waals surface area contributed by atoms with Crippen LogP contribution >= 0.6 is 0 Å². The van der Waals surface area contributed by atoms with Gasteiger partial charge in [0.2, 0.25) is 0 Å². The third-order valence-corrected chi connectivity index (χ3v) is 4.39. The van der Waals surface area contributed by atoms with E-state index in [9.17, 15) is 4.79 Å². The minimum Gasteiger partial charge on any atom is -0.337 e. The lowest BCUT2D eigenvalue weighted by Gasteiger charge is -2.28. The van der Waals surface area contributed by atoms with Crippen LogP contribution in [0.4, 0.5) is 10.5 Å². The highest BCUT2D eigenvalue weighted by atomic mass is 16.2. The van der Waals surface area contributed by atoms with Crippen LogP contribution < -0.4 is 10.2 Å². The second kappa shape index (κ2) is 7.52. The third kappa shape index (κ3) is 4.38. The number of carbonyl (C=O) groups excluding carboxylic acids is 1. The number of urea groups is 1. The van der Waals surface area contributed by atoms with Crippen molar-refractivity contribution in [3.05, 3.63) is 65.2 Å². The van der Waals surface area contributed by atoms with Gasteiger partial charge in [0.1, 0.15) is 0 Å². The maximum atomic E-state index is 12.6. The molecule has 0 atom stereocenters. The monoisotopic (exact) mass is 324 g/mol. The molecule has 0 aliphatic carbocycles.